The minimum atomic E-state index is -0.280. The van der Waals surface area contributed by atoms with Gasteiger partial charge in [-0.05, 0) is 19.1 Å². The SMILES string of the molecule is COCCn1ncc(NCC2(SC)CC2)c(Cl)c1=O. The van der Waals surface area contributed by atoms with Crippen LogP contribution < -0.4 is 10.9 Å². The third-order valence-electron chi connectivity index (χ3n) is 3.33. The summed E-state index contributed by atoms with van der Waals surface area (Å²) in [5, 5.41) is 7.52. The molecule has 1 heterocycles. The lowest BCUT2D eigenvalue weighted by Gasteiger charge is -2.15. The average molecular weight is 304 g/mol. The molecule has 0 unspecified atom stereocenters. The van der Waals surface area contributed by atoms with Crippen LogP contribution >= 0.6 is 23.4 Å². The Morgan fingerprint density at radius 2 is 2.37 bits per heavy atom. The fourth-order valence-corrected chi connectivity index (χ4v) is 2.71. The summed E-state index contributed by atoms with van der Waals surface area (Å²) in [4.78, 5) is 12.0. The van der Waals surface area contributed by atoms with E-state index in [9.17, 15) is 4.79 Å². The van der Waals surface area contributed by atoms with Crippen LogP contribution in [0.3, 0.4) is 0 Å². The van der Waals surface area contributed by atoms with Gasteiger partial charge in [0.15, 0.2) is 0 Å². The molecule has 106 valence electrons. The molecule has 0 atom stereocenters. The topological polar surface area (TPSA) is 56.1 Å². The Kier molecular flexibility index (Phi) is 4.76. The number of thioether (sulfide) groups is 1. The minimum absolute atomic E-state index is 0.197. The van der Waals surface area contributed by atoms with Gasteiger partial charge in [-0.25, -0.2) is 4.68 Å². The molecule has 1 saturated carbocycles. The first-order valence-corrected chi connectivity index (χ1v) is 7.76. The lowest BCUT2D eigenvalue weighted by atomic mass is 10.3. The molecule has 1 aromatic heterocycles. The van der Waals surface area contributed by atoms with E-state index in [0.717, 1.165) is 6.54 Å². The van der Waals surface area contributed by atoms with Crippen LogP contribution in [0, 0.1) is 0 Å². The lowest BCUT2D eigenvalue weighted by Crippen LogP contribution is -2.27. The van der Waals surface area contributed by atoms with Gasteiger partial charge >= 0.3 is 0 Å². The Hall–Kier alpha value is -0.720. The largest absolute Gasteiger partial charge is 0.383 e. The van der Waals surface area contributed by atoms with Crippen LogP contribution in [-0.2, 0) is 11.3 Å². The molecule has 0 amide bonds. The maximum absolute atomic E-state index is 12.0. The van der Waals surface area contributed by atoms with E-state index >= 15 is 0 Å². The van der Waals surface area contributed by atoms with E-state index in [-0.39, 0.29) is 10.6 Å². The molecule has 1 aliphatic rings. The molecule has 0 saturated heterocycles. The molecule has 0 radical (unpaired) electrons. The molecular formula is C12H18ClN3O2S. The van der Waals surface area contributed by atoms with E-state index < -0.39 is 0 Å². The Morgan fingerprint density at radius 3 is 2.95 bits per heavy atom. The summed E-state index contributed by atoms with van der Waals surface area (Å²) in [7, 11) is 1.58. The second kappa shape index (κ2) is 6.15. The monoisotopic (exact) mass is 303 g/mol. The zero-order valence-electron chi connectivity index (χ0n) is 11.1. The number of anilines is 1. The highest BCUT2D eigenvalue weighted by Crippen LogP contribution is 2.47. The first kappa shape index (κ1) is 14.7. The average Bonchev–Trinajstić information content (AvgIpc) is 3.20. The van der Waals surface area contributed by atoms with Crippen LogP contribution in [0.25, 0.3) is 0 Å². The van der Waals surface area contributed by atoms with Crippen LogP contribution in [0.2, 0.25) is 5.02 Å². The van der Waals surface area contributed by atoms with Gasteiger partial charge in [0.05, 0.1) is 25.0 Å². The van der Waals surface area contributed by atoms with Gasteiger partial charge in [-0.3, -0.25) is 4.79 Å². The normalized spacial score (nSPS) is 16.4. The van der Waals surface area contributed by atoms with Gasteiger partial charge in [0, 0.05) is 18.4 Å². The van der Waals surface area contributed by atoms with Gasteiger partial charge in [-0.15, -0.1) is 0 Å². The summed E-state index contributed by atoms with van der Waals surface area (Å²) >= 11 is 7.94. The summed E-state index contributed by atoms with van der Waals surface area (Å²) in [5.41, 5.74) is 0.332. The van der Waals surface area contributed by atoms with Gasteiger partial charge < -0.3 is 10.1 Å². The zero-order valence-corrected chi connectivity index (χ0v) is 12.7. The Balaban J connectivity index is 2.06. The summed E-state index contributed by atoms with van der Waals surface area (Å²) in [6.45, 7) is 1.66. The fraction of sp³-hybridized carbons (Fsp3) is 0.667. The Bertz CT molecular complexity index is 502. The number of aromatic nitrogens is 2. The van der Waals surface area contributed by atoms with Crippen molar-refractivity contribution in [3.05, 3.63) is 21.6 Å². The molecule has 7 heteroatoms. The molecule has 19 heavy (non-hydrogen) atoms. The van der Waals surface area contributed by atoms with Gasteiger partial charge in [-0.2, -0.15) is 16.9 Å². The van der Waals surface area contributed by atoms with Crippen molar-refractivity contribution in [1.29, 1.82) is 0 Å². The van der Waals surface area contributed by atoms with Crippen molar-refractivity contribution in [2.45, 2.75) is 24.1 Å². The van der Waals surface area contributed by atoms with Crippen molar-refractivity contribution < 1.29 is 4.74 Å². The van der Waals surface area contributed by atoms with Gasteiger partial charge in [-0.1, -0.05) is 11.6 Å². The number of nitrogens with one attached hydrogen (secondary N) is 1. The number of hydrogen-bond acceptors (Lipinski definition) is 5. The van der Waals surface area contributed by atoms with Crippen molar-refractivity contribution in [3.63, 3.8) is 0 Å². The lowest BCUT2D eigenvalue weighted by molar-refractivity contribution is 0.182. The van der Waals surface area contributed by atoms with Gasteiger partial charge in [0.1, 0.15) is 5.02 Å². The van der Waals surface area contributed by atoms with Gasteiger partial charge in [0.2, 0.25) is 0 Å². The maximum Gasteiger partial charge on any atom is 0.287 e. The van der Waals surface area contributed by atoms with E-state index in [2.05, 4.69) is 16.7 Å². The predicted molar refractivity (Wildman–Crippen MR) is 79.4 cm³/mol. The number of hydrogen-bond donors (Lipinski definition) is 1. The quantitative estimate of drug-likeness (QED) is 0.833. The highest BCUT2D eigenvalue weighted by Gasteiger charge is 2.41. The predicted octanol–water partition coefficient (Wildman–Crippen LogP) is 1.85. The smallest absolute Gasteiger partial charge is 0.287 e. The van der Waals surface area contributed by atoms with Crippen molar-refractivity contribution >= 4 is 29.1 Å². The fourth-order valence-electron chi connectivity index (χ4n) is 1.77. The first-order valence-electron chi connectivity index (χ1n) is 6.15. The molecule has 1 aliphatic carbocycles. The number of halogens is 1. The van der Waals surface area contributed by atoms with Crippen LogP contribution in [-0.4, -0.2) is 41.0 Å². The van der Waals surface area contributed by atoms with Gasteiger partial charge in [0.25, 0.3) is 5.56 Å². The molecule has 1 aromatic rings. The highest BCUT2D eigenvalue weighted by molar-refractivity contribution is 8.00. The molecule has 5 nitrogen and oxygen atoms in total. The van der Waals surface area contributed by atoms with Crippen LogP contribution in [0.4, 0.5) is 5.69 Å². The summed E-state index contributed by atoms with van der Waals surface area (Å²) < 4.78 is 6.56. The second-order valence-electron chi connectivity index (χ2n) is 4.63. The van der Waals surface area contributed by atoms with Crippen molar-refractivity contribution in [2.75, 3.05) is 31.8 Å². The number of nitrogens with zero attached hydrogens (tertiary/aromatic N) is 2. The molecule has 1 N–H and O–H groups in total. The minimum Gasteiger partial charge on any atom is -0.383 e. The highest BCUT2D eigenvalue weighted by atomic mass is 35.5. The maximum atomic E-state index is 12.0. The Morgan fingerprint density at radius 1 is 1.63 bits per heavy atom. The number of rotatable bonds is 7. The van der Waals surface area contributed by atoms with E-state index in [4.69, 9.17) is 16.3 Å². The number of methoxy groups -OCH3 is 1. The molecule has 2 rings (SSSR count). The molecule has 0 bridgehead atoms. The number of ether oxygens (including phenoxy) is 1. The van der Waals surface area contributed by atoms with Crippen LogP contribution in [0.5, 0.6) is 0 Å². The van der Waals surface area contributed by atoms with Crippen LogP contribution in [0.15, 0.2) is 11.0 Å². The van der Waals surface area contributed by atoms with Crippen molar-refractivity contribution in [2.24, 2.45) is 0 Å². The third-order valence-corrected chi connectivity index (χ3v) is 5.12. The second-order valence-corrected chi connectivity index (χ2v) is 6.29. The summed E-state index contributed by atoms with van der Waals surface area (Å²) in [6.07, 6.45) is 6.13. The Labute approximate surface area is 121 Å². The van der Waals surface area contributed by atoms with Crippen LogP contribution in [0.1, 0.15) is 12.8 Å². The van der Waals surface area contributed by atoms with Crippen molar-refractivity contribution in [3.8, 4) is 0 Å². The van der Waals surface area contributed by atoms with E-state index in [1.165, 1.54) is 17.5 Å². The van der Waals surface area contributed by atoms with E-state index in [1.54, 1.807) is 13.3 Å². The van der Waals surface area contributed by atoms with E-state index in [0.29, 0.717) is 23.6 Å². The summed E-state index contributed by atoms with van der Waals surface area (Å²) in [6, 6.07) is 0. The van der Waals surface area contributed by atoms with Crippen molar-refractivity contribution in [1.82, 2.24) is 9.78 Å². The standard InChI is InChI=1S/C12H18ClN3O2S/c1-18-6-5-16-11(17)10(13)9(7-15-16)14-8-12(19-2)3-4-12/h7,14H,3-6,8H2,1-2H3. The molecule has 0 aliphatic heterocycles. The zero-order chi connectivity index (χ0) is 13.9. The summed E-state index contributed by atoms with van der Waals surface area (Å²) in [5.74, 6) is 0. The van der Waals surface area contributed by atoms with E-state index in [1.807, 2.05) is 11.8 Å². The molecular weight excluding hydrogens is 286 g/mol. The molecule has 0 spiro atoms. The third kappa shape index (κ3) is 3.43. The first-order chi connectivity index (χ1) is 9.12. The molecule has 1 fully saturated rings. The molecule has 0 aromatic carbocycles.